The van der Waals surface area contributed by atoms with Gasteiger partial charge in [-0.05, 0) is 18.9 Å². The van der Waals surface area contributed by atoms with Gasteiger partial charge in [-0.15, -0.1) is 11.3 Å². The molecule has 3 rings (SSSR count). The molecule has 1 aliphatic rings. The molecule has 2 heterocycles. The van der Waals surface area contributed by atoms with E-state index >= 15 is 0 Å². The van der Waals surface area contributed by atoms with E-state index in [1.54, 1.807) is 11.3 Å². The van der Waals surface area contributed by atoms with Crippen LogP contribution in [-0.4, -0.2) is 9.97 Å². The summed E-state index contributed by atoms with van der Waals surface area (Å²) in [7, 11) is 0. The fourth-order valence-electron chi connectivity index (χ4n) is 2.23. The predicted octanol–water partition coefficient (Wildman–Crippen LogP) is 3.37. The number of nitrogens with zero attached hydrogens (tertiary/aromatic N) is 2. The Kier molecular flexibility index (Phi) is 2.49. The largest absolute Gasteiger partial charge is 0.367 e. The van der Waals surface area contributed by atoms with Crippen molar-refractivity contribution in [3.05, 3.63) is 28.8 Å². The zero-order valence-electron chi connectivity index (χ0n) is 9.44. The standard InChI is InChI=1S/C13H13N3S/c14-9-13(3-1-4-13)6-12-16-11(8-17-12)10-2-5-15-7-10/h2,5,7-8,15H,1,3-4,6H2. The number of rotatable bonds is 3. The van der Waals surface area contributed by atoms with Crippen LogP contribution in [-0.2, 0) is 6.42 Å². The minimum Gasteiger partial charge on any atom is -0.367 e. The molecule has 4 heteroatoms. The first-order chi connectivity index (χ1) is 8.31. The lowest BCUT2D eigenvalue weighted by Crippen LogP contribution is -2.29. The average molecular weight is 243 g/mol. The van der Waals surface area contributed by atoms with Crippen LogP contribution >= 0.6 is 11.3 Å². The molecule has 0 bridgehead atoms. The van der Waals surface area contributed by atoms with Crippen LogP contribution in [0.3, 0.4) is 0 Å². The zero-order chi connectivity index (χ0) is 11.7. The summed E-state index contributed by atoms with van der Waals surface area (Å²) in [6.07, 6.45) is 7.91. The van der Waals surface area contributed by atoms with Crippen LogP contribution in [0, 0.1) is 16.7 Å². The average Bonchev–Trinajstić information content (AvgIpc) is 2.94. The second kappa shape index (κ2) is 4.01. The van der Waals surface area contributed by atoms with E-state index in [4.69, 9.17) is 0 Å². The van der Waals surface area contributed by atoms with Crippen molar-refractivity contribution < 1.29 is 0 Å². The number of hydrogen-bond donors (Lipinski definition) is 1. The maximum atomic E-state index is 9.21. The molecule has 0 aliphatic heterocycles. The second-order valence-electron chi connectivity index (χ2n) is 4.65. The van der Waals surface area contributed by atoms with Gasteiger partial charge in [0, 0.05) is 29.8 Å². The second-order valence-corrected chi connectivity index (χ2v) is 5.59. The molecular formula is C13H13N3S. The van der Waals surface area contributed by atoms with Gasteiger partial charge in [-0.3, -0.25) is 0 Å². The molecule has 1 fully saturated rings. The normalized spacial score (nSPS) is 17.4. The van der Waals surface area contributed by atoms with E-state index in [2.05, 4.69) is 21.4 Å². The first kappa shape index (κ1) is 10.5. The lowest BCUT2D eigenvalue weighted by Gasteiger charge is -2.34. The van der Waals surface area contributed by atoms with Crippen LogP contribution in [0.25, 0.3) is 11.3 Å². The van der Waals surface area contributed by atoms with Crippen molar-refractivity contribution in [2.75, 3.05) is 0 Å². The first-order valence-electron chi connectivity index (χ1n) is 5.80. The Balaban J connectivity index is 1.80. The molecule has 1 saturated carbocycles. The third kappa shape index (κ3) is 1.87. The Morgan fingerprint density at radius 2 is 2.41 bits per heavy atom. The summed E-state index contributed by atoms with van der Waals surface area (Å²) in [4.78, 5) is 7.65. The lowest BCUT2D eigenvalue weighted by molar-refractivity contribution is 0.214. The van der Waals surface area contributed by atoms with Crippen LogP contribution in [0.4, 0.5) is 0 Å². The summed E-state index contributed by atoms with van der Waals surface area (Å²) in [6.45, 7) is 0. The topological polar surface area (TPSA) is 52.5 Å². The Bertz CT molecular complexity index is 543. The molecule has 17 heavy (non-hydrogen) atoms. The van der Waals surface area contributed by atoms with E-state index < -0.39 is 0 Å². The fourth-order valence-corrected chi connectivity index (χ4v) is 3.18. The lowest BCUT2D eigenvalue weighted by atomic mass is 9.68. The molecule has 0 spiro atoms. The highest BCUT2D eigenvalue weighted by atomic mass is 32.1. The van der Waals surface area contributed by atoms with Gasteiger partial charge in [-0.1, -0.05) is 6.42 Å². The van der Waals surface area contributed by atoms with Crippen molar-refractivity contribution >= 4 is 11.3 Å². The Hall–Kier alpha value is -1.60. The van der Waals surface area contributed by atoms with Crippen LogP contribution in [0.1, 0.15) is 24.3 Å². The Morgan fingerprint density at radius 1 is 1.53 bits per heavy atom. The van der Waals surface area contributed by atoms with Gasteiger partial charge >= 0.3 is 0 Å². The molecule has 0 atom stereocenters. The van der Waals surface area contributed by atoms with Gasteiger partial charge in [0.15, 0.2) is 0 Å². The smallest absolute Gasteiger partial charge is 0.0948 e. The number of nitriles is 1. The van der Waals surface area contributed by atoms with Gasteiger partial charge in [-0.25, -0.2) is 4.98 Å². The summed E-state index contributed by atoms with van der Waals surface area (Å²) in [5.74, 6) is 0. The van der Waals surface area contributed by atoms with E-state index in [1.807, 2.05) is 18.5 Å². The highest BCUT2D eigenvalue weighted by Gasteiger charge is 2.38. The number of hydrogen-bond acceptors (Lipinski definition) is 3. The van der Waals surface area contributed by atoms with Gasteiger partial charge < -0.3 is 4.98 Å². The molecule has 0 amide bonds. The minimum atomic E-state index is -0.118. The number of aromatic amines is 1. The molecule has 1 N–H and O–H groups in total. The van der Waals surface area contributed by atoms with E-state index in [1.165, 1.54) is 6.42 Å². The van der Waals surface area contributed by atoms with Crippen molar-refractivity contribution in [2.45, 2.75) is 25.7 Å². The van der Waals surface area contributed by atoms with E-state index in [9.17, 15) is 5.26 Å². The van der Waals surface area contributed by atoms with Crippen molar-refractivity contribution in [1.29, 1.82) is 5.26 Å². The molecule has 0 saturated heterocycles. The molecular weight excluding hydrogens is 230 g/mol. The van der Waals surface area contributed by atoms with Crippen LogP contribution in [0.5, 0.6) is 0 Å². The van der Waals surface area contributed by atoms with Gasteiger partial charge in [0.05, 0.1) is 22.2 Å². The Labute approximate surface area is 104 Å². The third-order valence-electron chi connectivity index (χ3n) is 3.48. The van der Waals surface area contributed by atoms with Crippen molar-refractivity contribution in [3.8, 4) is 17.3 Å². The predicted molar refractivity (Wildman–Crippen MR) is 67.5 cm³/mol. The van der Waals surface area contributed by atoms with Gasteiger partial charge in [0.25, 0.3) is 0 Å². The van der Waals surface area contributed by atoms with Gasteiger partial charge in [-0.2, -0.15) is 5.26 Å². The molecule has 86 valence electrons. The third-order valence-corrected chi connectivity index (χ3v) is 4.33. The number of aromatic nitrogens is 2. The van der Waals surface area contributed by atoms with E-state index in [0.29, 0.717) is 0 Å². The summed E-state index contributed by atoms with van der Waals surface area (Å²) < 4.78 is 0. The van der Waals surface area contributed by atoms with Gasteiger partial charge in [0.1, 0.15) is 0 Å². The molecule has 0 aromatic carbocycles. The minimum absolute atomic E-state index is 0.118. The van der Waals surface area contributed by atoms with Gasteiger partial charge in [0.2, 0.25) is 0 Å². The number of thiazole rings is 1. The number of nitrogens with one attached hydrogen (secondary N) is 1. The molecule has 0 unspecified atom stereocenters. The molecule has 0 radical (unpaired) electrons. The maximum absolute atomic E-state index is 9.21. The highest BCUT2D eigenvalue weighted by molar-refractivity contribution is 7.09. The maximum Gasteiger partial charge on any atom is 0.0948 e. The SMILES string of the molecule is N#CC1(Cc2nc(-c3cc[nH]c3)cs2)CCC1. The van der Waals surface area contributed by atoms with E-state index in [0.717, 1.165) is 35.5 Å². The van der Waals surface area contributed by atoms with Crippen molar-refractivity contribution in [1.82, 2.24) is 9.97 Å². The number of H-pyrrole nitrogens is 1. The summed E-state index contributed by atoms with van der Waals surface area (Å²) >= 11 is 1.66. The Morgan fingerprint density at radius 3 is 3.00 bits per heavy atom. The molecule has 2 aromatic rings. The molecule has 1 aliphatic carbocycles. The highest BCUT2D eigenvalue weighted by Crippen LogP contribution is 2.43. The first-order valence-corrected chi connectivity index (χ1v) is 6.68. The summed E-state index contributed by atoms with van der Waals surface area (Å²) in [6, 6.07) is 4.48. The molecule has 3 nitrogen and oxygen atoms in total. The van der Waals surface area contributed by atoms with Crippen LogP contribution in [0.15, 0.2) is 23.8 Å². The van der Waals surface area contributed by atoms with E-state index in [-0.39, 0.29) is 5.41 Å². The zero-order valence-corrected chi connectivity index (χ0v) is 10.3. The van der Waals surface area contributed by atoms with Crippen molar-refractivity contribution in [2.24, 2.45) is 5.41 Å². The summed E-state index contributed by atoms with van der Waals surface area (Å²) in [5.41, 5.74) is 2.01. The van der Waals surface area contributed by atoms with Crippen LogP contribution < -0.4 is 0 Å². The summed E-state index contributed by atoms with van der Waals surface area (Å²) in [5, 5.41) is 12.4. The quantitative estimate of drug-likeness (QED) is 0.898. The van der Waals surface area contributed by atoms with Crippen LogP contribution in [0.2, 0.25) is 0 Å². The monoisotopic (exact) mass is 243 g/mol. The van der Waals surface area contributed by atoms with Crippen molar-refractivity contribution in [3.63, 3.8) is 0 Å². The molecule has 2 aromatic heterocycles. The fraction of sp³-hybridized carbons (Fsp3) is 0.385.